The summed E-state index contributed by atoms with van der Waals surface area (Å²) in [5.74, 6) is -0.205. The Morgan fingerprint density at radius 2 is 2.00 bits per heavy atom. The summed E-state index contributed by atoms with van der Waals surface area (Å²) in [6.07, 6.45) is 4.05. The van der Waals surface area contributed by atoms with Gasteiger partial charge in [0.25, 0.3) is 5.56 Å². The molecule has 1 atom stereocenters. The highest BCUT2D eigenvalue weighted by Gasteiger charge is 2.43. The second-order valence-corrected chi connectivity index (χ2v) is 6.52. The van der Waals surface area contributed by atoms with Crippen LogP contribution in [0.15, 0.2) is 16.0 Å². The van der Waals surface area contributed by atoms with E-state index in [-0.39, 0.29) is 40.8 Å². The Balaban J connectivity index is 1.76. The first kappa shape index (κ1) is 14.1. The average Bonchev–Trinajstić information content (AvgIpc) is 2.98. The van der Waals surface area contributed by atoms with Crippen molar-refractivity contribution in [2.45, 2.75) is 48.6 Å². The van der Waals surface area contributed by atoms with Gasteiger partial charge in [-0.3, -0.25) is 19.3 Å². The zero-order chi connectivity index (χ0) is 15.0. The maximum atomic E-state index is 12.4. The second-order valence-electron chi connectivity index (χ2n) is 5.33. The monoisotopic (exact) mass is 308 g/mol. The van der Waals surface area contributed by atoms with Crippen molar-refractivity contribution in [1.82, 2.24) is 14.9 Å². The van der Waals surface area contributed by atoms with Gasteiger partial charge in [-0.25, -0.2) is 4.98 Å². The van der Waals surface area contributed by atoms with E-state index >= 15 is 0 Å². The molecule has 1 aromatic rings. The van der Waals surface area contributed by atoms with E-state index in [1.54, 1.807) is 0 Å². The van der Waals surface area contributed by atoms with Crippen LogP contribution in [0, 0.1) is 0 Å². The minimum Gasteiger partial charge on any atom is -0.383 e. The SMILES string of the molecule is Nc1cc(=O)[nH]c(SC2CC(=O)N(C3CCCC3)C2=O)n1. The molecule has 1 aliphatic heterocycles. The first-order valence-electron chi connectivity index (χ1n) is 6.94. The summed E-state index contributed by atoms with van der Waals surface area (Å²) in [4.78, 5) is 43.8. The molecule has 8 heteroatoms. The number of aromatic nitrogens is 2. The highest BCUT2D eigenvalue weighted by atomic mass is 32.2. The smallest absolute Gasteiger partial charge is 0.253 e. The number of carbonyl (C=O) groups is 2. The van der Waals surface area contributed by atoms with Crippen molar-refractivity contribution in [3.05, 3.63) is 16.4 Å². The second kappa shape index (κ2) is 5.51. The van der Waals surface area contributed by atoms with E-state index in [0.29, 0.717) is 0 Å². The Hall–Kier alpha value is -1.83. The number of hydrogen-bond donors (Lipinski definition) is 2. The molecule has 0 aromatic carbocycles. The number of nitrogens with one attached hydrogen (secondary N) is 1. The van der Waals surface area contributed by atoms with E-state index in [1.165, 1.54) is 11.0 Å². The van der Waals surface area contributed by atoms with Gasteiger partial charge in [0.15, 0.2) is 5.16 Å². The van der Waals surface area contributed by atoms with E-state index in [9.17, 15) is 14.4 Å². The van der Waals surface area contributed by atoms with E-state index in [0.717, 1.165) is 37.4 Å². The van der Waals surface area contributed by atoms with E-state index < -0.39 is 5.25 Å². The fourth-order valence-corrected chi connectivity index (χ4v) is 3.93. The van der Waals surface area contributed by atoms with Crippen molar-refractivity contribution in [3.63, 3.8) is 0 Å². The number of thioether (sulfide) groups is 1. The summed E-state index contributed by atoms with van der Waals surface area (Å²) < 4.78 is 0. The number of amides is 2. The number of likely N-dealkylation sites (tertiary alicyclic amines) is 1. The summed E-state index contributed by atoms with van der Waals surface area (Å²) in [7, 11) is 0. The van der Waals surface area contributed by atoms with Gasteiger partial charge in [0.2, 0.25) is 11.8 Å². The third-order valence-corrected chi connectivity index (χ3v) is 4.89. The molecule has 2 aliphatic rings. The number of nitrogen functional groups attached to an aromatic ring is 1. The summed E-state index contributed by atoms with van der Waals surface area (Å²) in [6, 6.07) is 1.22. The van der Waals surface area contributed by atoms with Crippen molar-refractivity contribution >= 4 is 29.4 Å². The van der Waals surface area contributed by atoms with Crippen LogP contribution in [0.3, 0.4) is 0 Å². The van der Waals surface area contributed by atoms with Crippen LogP contribution in [0.1, 0.15) is 32.1 Å². The fourth-order valence-electron chi connectivity index (χ4n) is 2.90. The maximum absolute atomic E-state index is 12.4. The van der Waals surface area contributed by atoms with Crippen molar-refractivity contribution in [3.8, 4) is 0 Å². The van der Waals surface area contributed by atoms with Gasteiger partial charge in [-0.2, -0.15) is 0 Å². The van der Waals surface area contributed by atoms with Crippen molar-refractivity contribution in [2.24, 2.45) is 0 Å². The molecule has 0 radical (unpaired) electrons. The van der Waals surface area contributed by atoms with Crippen LogP contribution in [0.25, 0.3) is 0 Å². The van der Waals surface area contributed by atoms with E-state index in [1.807, 2.05) is 0 Å². The topological polar surface area (TPSA) is 109 Å². The molecular formula is C13H16N4O3S. The van der Waals surface area contributed by atoms with Gasteiger partial charge in [0.05, 0.1) is 0 Å². The number of imide groups is 1. The molecule has 3 N–H and O–H groups in total. The fraction of sp³-hybridized carbons (Fsp3) is 0.538. The molecule has 2 fully saturated rings. The normalized spacial score (nSPS) is 23.2. The quantitative estimate of drug-likeness (QED) is 0.622. The lowest BCUT2D eigenvalue weighted by Gasteiger charge is -2.21. The third-order valence-electron chi connectivity index (χ3n) is 3.83. The molecular weight excluding hydrogens is 292 g/mol. The first-order chi connectivity index (χ1) is 10.0. The summed E-state index contributed by atoms with van der Waals surface area (Å²) in [5, 5.41) is -0.248. The van der Waals surface area contributed by atoms with Gasteiger partial charge < -0.3 is 10.7 Å². The Morgan fingerprint density at radius 1 is 1.29 bits per heavy atom. The minimum absolute atomic E-state index is 0.0449. The predicted molar refractivity (Wildman–Crippen MR) is 77.6 cm³/mol. The first-order valence-corrected chi connectivity index (χ1v) is 7.82. The van der Waals surface area contributed by atoms with Crippen molar-refractivity contribution in [1.29, 1.82) is 0 Å². The number of aromatic amines is 1. The van der Waals surface area contributed by atoms with E-state index in [2.05, 4.69) is 9.97 Å². The number of carbonyl (C=O) groups excluding carboxylic acids is 2. The molecule has 2 amide bonds. The summed E-state index contributed by atoms with van der Waals surface area (Å²) in [6.45, 7) is 0. The molecule has 21 heavy (non-hydrogen) atoms. The zero-order valence-electron chi connectivity index (χ0n) is 11.4. The molecule has 1 aromatic heterocycles. The molecule has 0 spiro atoms. The lowest BCUT2D eigenvalue weighted by atomic mass is 10.2. The largest absolute Gasteiger partial charge is 0.383 e. The lowest BCUT2D eigenvalue weighted by Crippen LogP contribution is -2.39. The number of rotatable bonds is 3. The van der Waals surface area contributed by atoms with Gasteiger partial charge in [-0.15, -0.1) is 0 Å². The highest BCUT2D eigenvalue weighted by Crippen LogP contribution is 2.34. The van der Waals surface area contributed by atoms with Crippen LogP contribution in [-0.2, 0) is 9.59 Å². The summed E-state index contributed by atoms with van der Waals surface area (Å²) >= 11 is 1.10. The van der Waals surface area contributed by atoms with Crippen LogP contribution in [0.5, 0.6) is 0 Å². The molecule has 112 valence electrons. The molecule has 1 saturated carbocycles. The molecule has 1 saturated heterocycles. The Labute approximate surface area is 125 Å². The third kappa shape index (κ3) is 2.80. The molecule has 2 heterocycles. The van der Waals surface area contributed by atoms with Crippen LogP contribution in [0.4, 0.5) is 5.82 Å². The van der Waals surface area contributed by atoms with E-state index in [4.69, 9.17) is 5.73 Å². The van der Waals surface area contributed by atoms with Gasteiger partial charge in [0, 0.05) is 18.5 Å². The minimum atomic E-state index is -0.525. The lowest BCUT2D eigenvalue weighted by molar-refractivity contribution is -0.140. The number of H-pyrrole nitrogens is 1. The van der Waals surface area contributed by atoms with Crippen LogP contribution in [0.2, 0.25) is 0 Å². The number of nitrogens with zero attached hydrogens (tertiary/aromatic N) is 2. The Morgan fingerprint density at radius 3 is 2.67 bits per heavy atom. The van der Waals surface area contributed by atoms with Crippen LogP contribution < -0.4 is 11.3 Å². The Kier molecular flexibility index (Phi) is 3.71. The maximum Gasteiger partial charge on any atom is 0.253 e. The average molecular weight is 308 g/mol. The number of anilines is 1. The van der Waals surface area contributed by atoms with Crippen molar-refractivity contribution < 1.29 is 9.59 Å². The highest BCUT2D eigenvalue weighted by molar-refractivity contribution is 8.00. The molecule has 7 nitrogen and oxygen atoms in total. The predicted octanol–water partition coefficient (Wildman–Crippen LogP) is 0.514. The molecule has 0 bridgehead atoms. The van der Waals surface area contributed by atoms with Crippen LogP contribution >= 0.6 is 11.8 Å². The van der Waals surface area contributed by atoms with Gasteiger partial charge in [-0.1, -0.05) is 24.6 Å². The Bertz CT molecular complexity index is 639. The number of hydrogen-bond acceptors (Lipinski definition) is 6. The van der Waals surface area contributed by atoms with Gasteiger partial charge >= 0.3 is 0 Å². The molecule has 3 rings (SSSR count). The molecule has 1 aliphatic carbocycles. The number of nitrogens with two attached hydrogens (primary N) is 1. The summed E-state index contributed by atoms with van der Waals surface area (Å²) in [5.41, 5.74) is 5.15. The standard InChI is InChI=1S/C13H16N4O3S/c14-9-6-10(18)16-13(15-9)21-8-5-11(19)17(12(8)20)7-3-1-2-4-7/h6-8H,1-5H2,(H3,14,15,16,18). The zero-order valence-corrected chi connectivity index (χ0v) is 12.2. The molecule has 1 unspecified atom stereocenters. The van der Waals surface area contributed by atoms with Crippen molar-refractivity contribution in [2.75, 3.05) is 5.73 Å². The van der Waals surface area contributed by atoms with Gasteiger partial charge in [0.1, 0.15) is 11.1 Å². The van der Waals surface area contributed by atoms with Gasteiger partial charge in [-0.05, 0) is 12.8 Å². The van der Waals surface area contributed by atoms with Crippen LogP contribution in [-0.4, -0.2) is 38.0 Å².